The molecule has 0 unspecified atom stereocenters. The number of piperazine rings is 1. The summed E-state index contributed by atoms with van der Waals surface area (Å²) in [5, 5.41) is 4.50. The summed E-state index contributed by atoms with van der Waals surface area (Å²) < 4.78 is 29.7. The lowest BCUT2D eigenvalue weighted by molar-refractivity contribution is -0.133. The van der Waals surface area contributed by atoms with Crippen LogP contribution in [0.25, 0.3) is 0 Å². The van der Waals surface area contributed by atoms with Gasteiger partial charge in [0.15, 0.2) is 0 Å². The van der Waals surface area contributed by atoms with Gasteiger partial charge in [-0.25, -0.2) is 8.42 Å². The molecule has 3 rings (SSSR count). The third kappa shape index (κ3) is 4.16. The van der Waals surface area contributed by atoms with Gasteiger partial charge in [0.05, 0.1) is 26.8 Å². The van der Waals surface area contributed by atoms with Gasteiger partial charge in [-0.05, 0) is 48.8 Å². The minimum atomic E-state index is -3.51. The van der Waals surface area contributed by atoms with Crippen molar-refractivity contribution < 1.29 is 13.2 Å². The summed E-state index contributed by atoms with van der Waals surface area (Å²) in [4.78, 5) is 14.8. The number of carbonyl (C=O) groups excluding carboxylic acids is 1. The van der Waals surface area contributed by atoms with Crippen LogP contribution in [0, 0.1) is 13.8 Å². The highest BCUT2D eigenvalue weighted by molar-refractivity contribution is 9.10. The Labute approximate surface area is 174 Å². The molecule has 1 aliphatic rings. The van der Waals surface area contributed by atoms with E-state index in [4.69, 9.17) is 0 Å². The zero-order valence-electron chi connectivity index (χ0n) is 16.3. The molecule has 0 spiro atoms. The van der Waals surface area contributed by atoms with Crippen LogP contribution in [0.2, 0.25) is 0 Å². The van der Waals surface area contributed by atoms with Crippen LogP contribution in [0.5, 0.6) is 0 Å². The molecule has 28 heavy (non-hydrogen) atoms. The van der Waals surface area contributed by atoms with Gasteiger partial charge < -0.3 is 4.90 Å². The third-order valence-electron chi connectivity index (χ3n) is 5.10. The van der Waals surface area contributed by atoms with Crippen molar-refractivity contribution in [2.24, 2.45) is 0 Å². The molecule has 1 saturated heterocycles. The zero-order valence-corrected chi connectivity index (χ0v) is 18.7. The predicted molar refractivity (Wildman–Crippen MR) is 111 cm³/mol. The molecule has 1 aliphatic heterocycles. The van der Waals surface area contributed by atoms with Crippen molar-refractivity contribution >= 4 is 31.9 Å². The van der Waals surface area contributed by atoms with Crippen LogP contribution in [0.4, 0.5) is 0 Å². The van der Waals surface area contributed by atoms with E-state index in [2.05, 4.69) is 21.0 Å². The number of aromatic nitrogens is 2. The van der Waals surface area contributed by atoms with Gasteiger partial charge in [0.1, 0.15) is 0 Å². The number of rotatable bonds is 5. The Morgan fingerprint density at radius 1 is 1.14 bits per heavy atom. The topological polar surface area (TPSA) is 75.5 Å². The van der Waals surface area contributed by atoms with Crippen molar-refractivity contribution in [3.05, 3.63) is 46.2 Å². The van der Waals surface area contributed by atoms with Crippen molar-refractivity contribution in [1.29, 1.82) is 0 Å². The van der Waals surface area contributed by atoms with Gasteiger partial charge in [0.2, 0.25) is 15.9 Å². The lowest BCUT2D eigenvalue weighted by Crippen LogP contribution is -2.50. The maximum absolute atomic E-state index is 12.7. The summed E-state index contributed by atoms with van der Waals surface area (Å²) in [7, 11) is -3.51. The van der Waals surface area contributed by atoms with Crippen molar-refractivity contribution in [1.82, 2.24) is 19.0 Å². The van der Waals surface area contributed by atoms with Gasteiger partial charge in [0.25, 0.3) is 0 Å². The van der Waals surface area contributed by atoms with Gasteiger partial charge in [-0.2, -0.15) is 9.40 Å². The number of amides is 1. The Hall–Kier alpha value is -1.71. The lowest BCUT2D eigenvalue weighted by Gasteiger charge is -2.34. The fraction of sp³-hybridized carbons (Fsp3) is 0.474. The van der Waals surface area contributed by atoms with Crippen LogP contribution in [-0.2, 0) is 14.8 Å². The van der Waals surface area contributed by atoms with Crippen LogP contribution in [-0.4, -0.2) is 59.5 Å². The summed E-state index contributed by atoms with van der Waals surface area (Å²) in [6.07, 6.45) is 0.333. The predicted octanol–water partition coefficient (Wildman–Crippen LogP) is 2.75. The molecule has 0 saturated carbocycles. The number of halogens is 1. The quantitative estimate of drug-likeness (QED) is 0.675. The van der Waals surface area contributed by atoms with E-state index in [0.29, 0.717) is 37.5 Å². The van der Waals surface area contributed by atoms with E-state index in [1.165, 1.54) is 4.31 Å². The molecule has 1 fully saturated rings. The number of aryl methyl sites for hydroxylation is 1. The SMILES string of the molecule is Cc1nn([C@H](C)CC(=O)N2CCN(S(=O)(=O)c3ccccc3)CC2)c(C)c1Br. The Morgan fingerprint density at radius 2 is 1.75 bits per heavy atom. The standard InChI is InChI=1S/C19H25BrN4O3S/c1-14(24-16(3)19(20)15(2)21-24)13-18(25)22-9-11-23(12-10-22)28(26,27)17-7-5-4-6-8-17/h4-8,14H,9-13H2,1-3H3/t14-/m1/s1. The Balaban J connectivity index is 1.60. The van der Waals surface area contributed by atoms with E-state index in [1.54, 1.807) is 35.2 Å². The molecule has 2 aromatic rings. The van der Waals surface area contributed by atoms with Gasteiger partial charge >= 0.3 is 0 Å². The third-order valence-corrected chi connectivity index (χ3v) is 8.16. The Morgan fingerprint density at radius 3 is 2.29 bits per heavy atom. The van der Waals surface area contributed by atoms with E-state index < -0.39 is 10.0 Å². The number of hydrogen-bond acceptors (Lipinski definition) is 4. The van der Waals surface area contributed by atoms with E-state index in [-0.39, 0.29) is 11.9 Å². The first-order chi connectivity index (χ1) is 13.2. The molecule has 0 radical (unpaired) electrons. The Bertz CT molecular complexity index is 951. The summed E-state index contributed by atoms with van der Waals surface area (Å²) in [6, 6.07) is 8.35. The van der Waals surface area contributed by atoms with Crippen LogP contribution < -0.4 is 0 Å². The maximum Gasteiger partial charge on any atom is 0.243 e. The first kappa shape index (κ1) is 21.0. The summed E-state index contributed by atoms with van der Waals surface area (Å²) in [6.45, 7) is 7.29. The highest BCUT2D eigenvalue weighted by Gasteiger charge is 2.30. The number of carbonyl (C=O) groups is 1. The van der Waals surface area contributed by atoms with Gasteiger partial charge in [0, 0.05) is 32.6 Å². The van der Waals surface area contributed by atoms with E-state index in [1.807, 2.05) is 25.5 Å². The molecule has 0 aliphatic carbocycles. The monoisotopic (exact) mass is 468 g/mol. The second-order valence-electron chi connectivity index (χ2n) is 7.08. The minimum absolute atomic E-state index is 0.0212. The summed E-state index contributed by atoms with van der Waals surface area (Å²) >= 11 is 3.51. The maximum atomic E-state index is 12.7. The average molecular weight is 469 g/mol. The van der Waals surface area contributed by atoms with E-state index >= 15 is 0 Å². The molecular formula is C19H25BrN4O3S. The number of nitrogens with zero attached hydrogens (tertiary/aromatic N) is 4. The number of sulfonamides is 1. The molecule has 152 valence electrons. The number of hydrogen-bond donors (Lipinski definition) is 0. The molecule has 1 aromatic carbocycles. The fourth-order valence-electron chi connectivity index (χ4n) is 3.46. The second-order valence-corrected chi connectivity index (χ2v) is 9.81. The molecule has 1 atom stereocenters. The van der Waals surface area contributed by atoms with Crippen molar-refractivity contribution in [3.8, 4) is 0 Å². The van der Waals surface area contributed by atoms with Gasteiger partial charge in [-0.3, -0.25) is 9.48 Å². The molecule has 1 aromatic heterocycles. The zero-order chi connectivity index (χ0) is 20.5. The molecule has 0 N–H and O–H groups in total. The molecule has 9 heteroatoms. The second kappa shape index (κ2) is 8.34. The number of benzene rings is 1. The largest absolute Gasteiger partial charge is 0.340 e. The Kier molecular flexibility index (Phi) is 6.26. The first-order valence-electron chi connectivity index (χ1n) is 9.26. The van der Waals surface area contributed by atoms with Crippen molar-refractivity contribution in [3.63, 3.8) is 0 Å². The van der Waals surface area contributed by atoms with E-state index in [0.717, 1.165) is 15.9 Å². The van der Waals surface area contributed by atoms with Crippen molar-refractivity contribution in [2.45, 2.75) is 38.1 Å². The summed E-state index contributed by atoms with van der Waals surface area (Å²) in [5.74, 6) is 0.0212. The van der Waals surface area contributed by atoms with Gasteiger partial charge in [-0.15, -0.1) is 0 Å². The highest BCUT2D eigenvalue weighted by Crippen LogP contribution is 2.25. The smallest absolute Gasteiger partial charge is 0.243 e. The summed E-state index contributed by atoms with van der Waals surface area (Å²) in [5.41, 5.74) is 1.90. The molecule has 0 bridgehead atoms. The van der Waals surface area contributed by atoms with Crippen LogP contribution in [0.1, 0.15) is 30.8 Å². The highest BCUT2D eigenvalue weighted by atomic mass is 79.9. The minimum Gasteiger partial charge on any atom is -0.340 e. The van der Waals surface area contributed by atoms with Crippen LogP contribution in [0.15, 0.2) is 39.7 Å². The van der Waals surface area contributed by atoms with E-state index in [9.17, 15) is 13.2 Å². The molecular weight excluding hydrogens is 444 g/mol. The van der Waals surface area contributed by atoms with Gasteiger partial charge in [-0.1, -0.05) is 18.2 Å². The molecule has 2 heterocycles. The van der Waals surface area contributed by atoms with Crippen LogP contribution in [0.3, 0.4) is 0 Å². The van der Waals surface area contributed by atoms with Crippen LogP contribution >= 0.6 is 15.9 Å². The molecule has 1 amide bonds. The molecule has 7 nitrogen and oxygen atoms in total. The van der Waals surface area contributed by atoms with Crippen molar-refractivity contribution in [2.75, 3.05) is 26.2 Å². The lowest BCUT2D eigenvalue weighted by atomic mass is 10.2. The normalized spacial score (nSPS) is 16.9. The fourth-order valence-corrected chi connectivity index (χ4v) is 5.16. The first-order valence-corrected chi connectivity index (χ1v) is 11.5. The average Bonchev–Trinajstić information content (AvgIpc) is 2.96.